The number of aromatic nitrogens is 2. The zero-order valence-corrected chi connectivity index (χ0v) is 13.3. The molecule has 1 rings (SSSR count). The number of nitrogens with zero attached hydrogens (tertiary/aromatic N) is 2. The summed E-state index contributed by atoms with van der Waals surface area (Å²) in [4.78, 5) is 0. The summed E-state index contributed by atoms with van der Waals surface area (Å²) in [5.74, 6) is 0. The highest BCUT2D eigenvalue weighted by Gasteiger charge is 2.03. The van der Waals surface area contributed by atoms with E-state index in [-0.39, 0.29) is 0 Å². The van der Waals surface area contributed by atoms with Gasteiger partial charge in [0.25, 0.3) is 0 Å². The Balaban J connectivity index is 1.91. The van der Waals surface area contributed by atoms with Gasteiger partial charge in [0.15, 0.2) is 0 Å². The van der Waals surface area contributed by atoms with Crippen LogP contribution in [0.15, 0.2) is 6.20 Å². The zero-order chi connectivity index (χ0) is 15.3. The Morgan fingerprint density at radius 1 is 1.05 bits per heavy atom. The largest absolute Gasteiger partial charge is 0.379 e. The summed E-state index contributed by atoms with van der Waals surface area (Å²) in [7, 11) is 0. The molecule has 0 bridgehead atoms. The van der Waals surface area contributed by atoms with Gasteiger partial charge in [-0.25, -0.2) is 0 Å². The van der Waals surface area contributed by atoms with Crippen molar-refractivity contribution < 1.29 is 14.2 Å². The Hall–Kier alpha value is -0.950. The molecular formula is C15H29N3O3. The lowest BCUT2D eigenvalue weighted by Gasteiger charge is -2.08. The molecule has 0 saturated carbocycles. The molecule has 6 heteroatoms. The first-order chi connectivity index (χ1) is 10.3. The Kier molecular flexibility index (Phi) is 10.1. The third-order valence-corrected chi connectivity index (χ3v) is 3.26. The van der Waals surface area contributed by atoms with Gasteiger partial charge in [0.2, 0.25) is 0 Å². The summed E-state index contributed by atoms with van der Waals surface area (Å²) in [6.07, 6.45) is 4.09. The van der Waals surface area contributed by atoms with E-state index < -0.39 is 0 Å². The molecule has 2 N–H and O–H groups in total. The highest BCUT2D eigenvalue weighted by Crippen LogP contribution is 2.05. The van der Waals surface area contributed by atoms with Gasteiger partial charge in [0.1, 0.15) is 0 Å². The molecule has 0 radical (unpaired) electrons. The highest BCUT2D eigenvalue weighted by molar-refractivity contribution is 5.15. The van der Waals surface area contributed by atoms with E-state index in [0.717, 1.165) is 37.3 Å². The molecule has 0 aliphatic heterocycles. The van der Waals surface area contributed by atoms with Gasteiger partial charge < -0.3 is 19.9 Å². The Morgan fingerprint density at radius 3 is 2.24 bits per heavy atom. The molecule has 1 heterocycles. The third kappa shape index (κ3) is 7.57. The van der Waals surface area contributed by atoms with Crippen molar-refractivity contribution in [2.24, 2.45) is 5.73 Å². The fourth-order valence-electron chi connectivity index (χ4n) is 1.85. The number of hydrogen-bond acceptors (Lipinski definition) is 5. The number of unbranched alkanes of at least 4 members (excludes halogenated alkanes) is 1. The standard InChI is InChI=1S/C15H29N3O3/c1-3-4-6-19-8-10-21-11-9-20-7-5-18-14(2)15(12-16)13-17-18/h13H,3-12,16H2,1-2H3. The van der Waals surface area contributed by atoms with Crippen molar-refractivity contribution in [3.05, 3.63) is 17.5 Å². The van der Waals surface area contributed by atoms with Crippen LogP contribution in [0.3, 0.4) is 0 Å². The molecule has 0 spiro atoms. The molecule has 0 aliphatic rings. The molecule has 122 valence electrons. The molecule has 21 heavy (non-hydrogen) atoms. The summed E-state index contributed by atoms with van der Waals surface area (Å²) in [6.45, 7) is 9.39. The van der Waals surface area contributed by atoms with Crippen molar-refractivity contribution in [2.45, 2.75) is 39.8 Å². The minimum Gasteiger partial charge on any atom is -0.379 e. The van der Waals surface area contributed by atoms with Crippen LogP contribution in [0.4, 0.5) is 0 Å². The van der Waals surface area contributed by atoms with E-state index in [0.29, 0.717) is 39.6 Å². The van der Waals surface area contributed by atoms with Gasteiger partial charge in [-0.05, 0) is 13.3 Å². The fraction of sp³-hybridized carbons (Fsp3) is 0.800. The first-order valence-corrected chi connectivity index (χ1v) is 7.74. The first-order valence-electron chi connectivity index (χ1n) is 7.74. The quantitative estimate of drug-likeness (QED) is 0.559. The van der Waals surface area contributed by atoms with Crippen LogP contribution in [0.5, 0.6) is 0 Å². The number of hydrogen-bond donors (Lipinski definition) is 1. The molecule has 0 unspecified atom stereocenters. The lowest BCUT2D eigenvalue weighted by Crippen LogP contribution is -2.13. The van der Waals surface area contributed by atoms with Crippen LogP contribution in [-0.2, 0) is 27.3 Å². The minimum atomic E-state index is 0.529. The summed E-state index contributed by atoms with van der Waals surface area (Å²) >= 11 is 0. The molecule has 1 aromatic heterocycles. The molecule has 6 nitrogen and oxygen atoms in total. The first kappa shape index (κ1) is 18.1. The second-order valence-electron chi connectivity index (χ2n) is 4.87. The highest BCUT2D eigenvalue weighted by atomic mass is 16.5. The minimum absolute atomic E-state index is 0.529. The topological polar surface area (TPSA) is 71.5 Å². The molecule has 0 atom stereocenters. The third-order valence-electron chi connectivity index (χ3n) is 3.26. The maximum atomic E-state index is 5.61. The van der Waals surface area contributed by atoms with E-state index in [4.69, 9.17) is 19.9 Å². The van der Waals surface area contributed by atoms with Crippen molar-refractivity contribution in [1.82, 2.24) is 9.78 Å². The summed E-state index contributed by atoms with van der Waals surface area (Å²) in [6, 6.07) is 0. The van der Waals surface area contributed by atoms with Crippen LogP contribution < -0.4 is 5.73 Å². The molecule has 0 saturated heterocycles. The van der Waals surface area contributed by atoms with Gasteiger partial charge in [-0.3, -0.25) is 4.68 Å². The average molecular weight is 299 g/mol. The maximum absolute atomic E-state index is 5.61. The van der Waals surface area contributed by atoms with Crippen molar-refractivity contribution in [1.29, 1.82) is 0 Å². The summed E-state index contributed by atoms with van der Waals surface area (Å²) < 4.78 is 18.3. The molecule has 0 aromatic carbocycles. The lowest BCUT2D eigenvalue weighted by molar-refractivity contribution is 0.0123. The predicted octanol–water partition coefficient (Wildman–Crippen LogP) is 1.50. The average Bonchev–Trinajstić information content (AvgIpc) is 2.85. The van der Waals surface area contributed by atoms with Crippen LogP contribution in [0.2, 0.25) is 0 Å². The molecule has 0 amide bonds. The van der Waals surface area contributed by atoms with Gasteiger partial charge in [-0.1, -0.05) is 13.3 Å². The second kappa shape index (κ2) is 11.7. The number of ether oxygens (including phenoxy) is 3. The predicted molar refractivity (Wildman–Crippen MR) is 82.2 cm³/mol. The monoisotopic (exact) mass is 299 g/mol. The van der Waals surface area contributed by atoms with Crippen molar-refractivity contribution in [3.63, 3.8) is 0 Å². The SMILES string of the molecule is CCCCOCCOCCOCCn1ncc(CN)c1C. The van der Waals surface area contributed by atoms with E-state index in [2.05, 4.69) is 12.0 Å². The Morgan fingerprint density at radius 2 is 1.67 bits per heavy atom. The van der Waals surface area contributed by atoms with Crippen molar-refractivity contribution in [2.75, 3.05) is 39.6 Å². The summed E-state index contributed by atoms with van der Waals surface area (Å²) in [5, 5.41) is 4.28. The van der Waals surface area contributed by atoms with E-state index in [1.807, 2.05) is 17.8 Å². The number of nitrogens with two attached hydrogens (primary N) is 1. The van der Waals surface area contributed by atoms with Crippen molar-refractivity contribution >= 4 is 0 Å². The maximum Gasteiger partial charge on any atom is 0.0701 e. The van der Waals surface area contributed by atoms with Crippen LogP contribution in [0.1, 0.15) is 31.0 Å². The fourth-order valence-corrected chi connectivity index (χ4v) is 1.85. The van der Waals surface area contributed by atoms with Crippen LogP contribution >= 0.6 is 0 Å². The second-order valence-corrected chi connectivity index (χ2v) is 4.87. The molecule has 0 fully saturated rings. The van der Waals surface area contributed by atoms with Gasteiger partial charge in [0.05, 0.1) is 45.8 Å². The summed E-state index contributed by atoms with van der Waals surface area (Å²) in [5.41, 5.74) is 7.81. The number of rotatable bonds is 13. The van der Waals surface area contributed by atoms with Gasteiger partial charge in [-0.2, -0.15) is 5.10 Å². The zero-order valence-electron chi connectivity index (χ0n) is 13.3. The smallest absolute Gasteiger partial charge is 0.0701 e. The van der Waals surface area contributed by atoms with E-state index >= 15 is 0 Å². The van der Waals surface area contributed by atoms with Crippen LogP contribution in [-0.4, -0.2) is 49.4 Å². The van der Waals surface area contributed by atoms with E-state index in [1.54, 1.807) is 0 Å². The molecule has 1 aromatic rings. The van der Waals surface area contributed by atoms with E-state index in [9.17, 15) is 0 Å². The van der Waals surface area contributed by atoms with E-state index in [1.165, 1.54) is 0 Å². The van der Waals surface area contributed by atoms with Gasteiger partial charge >= 0.3 is 0 Å². The normalized spacial score (nSPS) is 11.2. The Bertz CT molecular complexity index is 369. The Labute approximate surface area is 127 Å². The van der Waals surface area contributed by atoms with Crippen LogP contribution in [0, 0.1) is 6.92 Å². The molecular weight excluding hydrogens is 270 g/mol. The molecule has 0 aliphatic carbocycles. The van der Waals surface area contributed by atoms with Gasteiger partial charge in [0, 0.05) is 24.4 Å². The lowest BCUT2D eigenvalue weighted by atomic mass is 10.3. The van der Waals surface area contributed by atoms with Gasteiger partial charge in [-0.15, -0.1) is 0 Å². The van der Waals surface area contributed by atoms with Crippen molar-refractivity contribution in [3.8, 4) is 0 Å². The van der Waals surface area contributed by atoms with Crippen LogP contribution in [0.25, 0.3) is 0 Å².